The van der Waals surface area contributed by atoms with Gasteiger partial charge in [-0.15, -0.1) is 0 Å². The molecule has 0 bridgehead atoms. The summed E-state index contributed by atoms with van der Waals surface area (Å²) >= 11 is 0. The molecule has 3 amide bonds. The minimum Gasteiger partial charge on any atom is -0.383 e. The maximum atomic E-state index is 13.2. The number of rotatable bonds is 4. The predicted octanol–water partition coefficient (Wildman–Crippen LogP) is 3.91. The third kappa shape index (κ3) is 4.92. The van der Waals surface area contributed by atoms with Crippen LogP contribution in [0.1, 0.15) is 84.2 Å². The van der Waals surface area contributed by atoms with Crippen molar-refractivity contribution in [2.45, 2.75) is 82.3 Å². The fraction of sp³-hybridized carbons (Fsp3) is 0.533. The fourth-order valence-corrected chi connectivity index (χ4v) is 7.28. The number of hydrogen-bond donors (Lipinski definition) is 2. The molecule has 2 N–H and O–H groups in total. The molecular formula is C30H33F3N4O4. The van der Waals surface area contributed by atoms with E-state index in [1.54, 1.807) is 12.1 Å². The molecule has 2 aromatic rings. The lowest BCUT2D eigenvalue weighted by Crippen LogP contribution is -2.59. The van der Waals surface area contributed by atoms with Gasteiger partial charge in [0.1, 0.15) is 11.6 Å². The first-order valence-electron chi connectivity index (χ1n) is 14.3. The van der Waals surface area contributed by atoms with Crippen LogP contribution in [0, 0.1) is 5.41 Å². The molecule has 1 saturated carbocycles. The van der Waals surface area contributed by atoms with Gasteiger partial charge in [-0.3, -0.25) is 29.6 Å². The smallest absolute Gasteiger partial charge is 0.383 e. The Labute approximate surface area is 235 Å². The molecule has 4 heterocycles. The third-order valence-electron chi connectivity index (χ3n) is 9.49. The van der Waals surface area contributed by atoms with Crippen molar-refractivity contribution in [2.24, 2.45) is 5.41 Å². The lowest BCUT2D eigenvalue weighted by molar-refractivity contribution is -0.162. The van der Waals surface area contributed by atoms with E-state index >= 15 is 0 Å². The van der Waals surface area contributed by atoms with Gasteiger partial charge < -0.3 is 10.0 Å². The second-order valence-corrected chi connectivity index (χ2v) is 11.9. The van der Waals surface area contributed by atoms with Crippen molar-refractivity contribution in [3.8, 4) is 0 Å². The van der Waals surface area contributed by atoms with E-state index < -0.39 is 34.7 Å². The first-order chi connectivity index (χ1) is 19.5. The molecule has 3 fully saturated rings. The second-order valence-electron chi connectivity index (χ2n) is 11.9. The number of piperidine rings is 2. The zero-order chi connectivity index (χ0) is 29.0. The highest BCUT2D eigenvalue weighted by Gasteiger charge is 2.56. The van der Waals surface area contributed by atoms with E-state index in [2.05, 4.69) is 10.2 Å². The Morgan fingerprint density at radius 1 is 1.00 bits per heavy atom. The van der Waals surface area contributed by atoms with E-state index in [0.29, 0.717) is 43.0 Å². The Kier molecular flexibility index (Phi) is 6.93. The van der Waals surface area contributed by atoms with Crippen LogP contribution in [-0.2, 0) is 34.5 Å². The van der Waals surface area contributed by atoms with Crippen molar-refractivity contribution in [1.29, 1.82) is 0 Å². The summed E-state index contributed by atoms with van der Waals surface area (Å²) in [5, 5.41) is 14.7. The number of halogens is 3. The molecule has 1 aliphatic carbocycles. The average molecular weight is 571 g/mol. The molecule has 4 aliphatic rings. The minimum absolute atomic E-state index is 0.136. The quantitative estimate of drug-likeness (QED) is 0.541. The summed E-state index contributed by atoms with van der Waals surface area (Å²) < 4.78 is 39.1. The van der Waals surface area contributed by atoms with E-state index in [1.807, 2.05) is 0 Å². The van der Waals surface area contributed by atoms with Gasteiger partial charge in [0.05, 0.1) is 29.1 Å². The van der Waals surface area contributed by atoms with E-state index in [4.69, 9.17) is 4.98 Å². The summed E-state index contributed by atoms with van der Waals surface area (Å²) in [6, 6.07) is 7.94. The van der Waals surface area contributed by atoms with E-state index in [-0.39, 0.29) is 31.2 Å². The number of alkyl halides is 3. The fourth-order valence-electron chi connectivity index (χ4n) is 7.28. The molecule has 0 unspecified atom stereocenters. The molecule has 41 heavy (non-hydrogen) atoms. The molecule has 8 nitrogen and oxygen atoms in total. The second kappa shape index (κ2) is 10.2. The van der Waals surface area contributed by atoms with Gasteiger partial charge >= 0.3 is 6.18 Å². The van der Waals surface area contributed by atoms with Crippen LogP contribution in [0.5, 0.6) is 0 Å². The lowest BCUT2D eigenvalue weighted by Gasteiger charge is -2.55. The standard InChI is InChI=1S/C30H33F3N4O4/c31-30(32,33)20-6-4-19(5-7-20)16-36-15-14-29(41,28(18-36)12-2-1-3-13-28)24-10-8-21-22(34-24)17-37(27(21)40)23-9-11-25(38)35-26(23)39/h4-8,10,23,41H,1-3,9,11-18H2,(H,35,38,39)/t23-,29+/m1/s1. The predicted molar refractivity (Wildman–Crippen MR) is 141 cm³/mol. The Morgan fingerprint density at radius 2 is 1.73 bits per heavy atom. The molecule has 218 valence electrons. The van der Waals surface area contributed by atoms with Crippen molar-refractivity contribution in [1.82, 2.24) is 20.1 Å². The van der Waals surface area contributed by atoms with E-state index in [0.717, 1.165) is 49.8 Å². The zero-order valence-corrected chi connectivity index (χ0v) is 22.7. The van der Waals surface area contributed by atoms with Crippen LogP contribution < -0.4 is 5.32 Å². The summed E-state index contributed by atoms with van der Waals surface area (Å²) in [6.45, 7) is 1.75. The number of fused-ring (bicyclic) bond motifs is 1. The number of hydrogen-bond acceptors (Lipinski definition) is 6. The number of benzene rings is 1. The van der Waals surface area contributed by atoms with Crippen molar-refractivity contribution in [2.75, 3.05) is 13.1 Å². The number of pyridine rings is 1. The molecule has 2 saturated heterocycles. The van der Waals surface area contributed by atoms with Gasteiger partial charge in [0.25, 0.3) is 5.91 Å². The topological polar surface area (TPSA) is 103 Å². The van der Waals surface area contributed by atoms with Gasteiger partial charge in [0, 0.05) is 31.5 Å². The molecule has 0 radical (unpaired) electrons. The monoisotopic (exact) mass is 570 g/mol. The number of aliphatic hydroxyl groups is 1. The number of nitrogens with zero attached hydrogens (tertiary/aromatic N) is 3. The van der Waals surface area contributed by atoms with Gasteiger partial charge in [-0.25, -0.2) is 0 Å². The average Bonchev–Trinajstić information content (AvgIpc) is 3.26. The number of carbonyl (C=O) groups excluding carboxylic acids is 3. The highest BCUT2D eigenvalue weighted by molar-refractivity contribution is 6.05. The van der Waals surface area contributed by atoms with E-state index in [9.17, 15) is 32.7 Å². The normalized spacial score (nSPS) is 26.8. The van der Waals surface area contributed by atoms with Crippen LogP contribution in [0.25, 0.3) is 0 Å². The number of imide groups is 1. The van der Waals surface area contributed by atoms with Crippen LogP contribution in [-0.4, -0.2) is 56.7 Å². The molecule has 2 atom stereocenters. The van der Waals surface area contributed by atoms with Crippen LogP contribution in [0.4, 0.5) is 13.2 Å². The first kappa shape index (κ1) is 27.8. The number of nitrogens with one attached hydrogen (secondary N) is 1. The largest absolute Gasteiger partial charge is 0.416 e. The maximum Gasteiger partial charge on any atom is 0.416 e. The Balaban J connectivity index is 1.24. The molecule has 1 aromatic carbocycles. The number of likely N-dealkylation sites (tertiary alicyclic amines) is 1. The third-order valence-corrected chi connectivity index (χ3v) is 9.49. The highest BCUT2D eigenvalue weighted by atomic mass is 19.4. The molecule has 3 aliphatic heterocycles. The summed E-state index contributed by atoms with van der Waals surface area (Å²) in [5.74, 6) is -1.14. The van der Waals surface area contributed by atoms with E-state index in [1.165, 1.54) is 17.0 Å². The van der Waals surface area contributed by atoms with Gasteiger partial charge in [0.2, 0.25) is 11.8 Å². The Morgan fingerprint density at radius 3 is 2.41 bits per heavy atom. The van der Waals surface area contributed by atoms with Crippen molar-refractivity contribution < 1.29 is 32.7 Å². The van der Waals surface area contributed by atoms with Crippen molar-refractivity contribution in [3.63, 3.8) is 0 Å². The van der Waals surface area contributed by atoms with Gasteiger partial charge in [-0.2, -0.15) is 13.2 Å². The molecule has 6 rings (SSSR count). The lowest BCUT2D eigenvalue weighted by atomic mass is 9.59. The summed E-state index contributed by atoms with van der Waals surface area (Å²) in [6.07, 6.45) is 1.05. The molecule has 1 spiro atoms. The van der Waals surface area contributed by atoms with Gasteiger partial charge in [0.15, 0.2) is 0 Å². The summed E-state index contributed by atoms with van der Waals surface area (Å²) in [7, 11) is 0. The van der Waals surface area contributed by atoms with Gasteiger partial charge in [-0.1, -0.05) is 31.4 Å². The van der Waals surface area contributed by atoms with Crippen molar-refractivity contribution in [3.05, 3.63) is 64.5 Å². The minimum atomic E-state index is -4.38. The number of carbonyl (C=O) groups is 3. The molecule has 1 aromatic heterocycles. The van der Waals surface area contributed by atoms with Crippen molar-refractivity contribution >= 4 is 17.7 Å². The number of aromatic nitrogens is 1. The molecular weight excluding hydrogens is 537 g/mol. The first-order valence-corrected chi connectivity index (χ1v) is 14.3. The zero-order valence-electron chi connectivity index (χ0n) is 22.7. The SMILES string of the molecule is O=C1CC[C@@H](N2Cc3nc([C@@]4(O)CCN(Cc5ccc(C(F)(F)F)cc5)CC45CCCCC5)ccc3C2=O)C(=O)N1. The highest BCUT2D eigenvalue weighted by Crippen LogP contribution is 2.54. The number of amides is 3. The summed E-state index contributed by atoms with van der Waals surface area (Å²) in [4.78, 5) is 45.7. The van der Waals surface area contributed by atoms with Crippen LogP contribution in [0.2, 0.25) is 0 Å². The molecule has 11 heteroatoms. The van der Waals surface area contributed by atoms with Crippen LogP contribution >= 0.6 is 0 Å². The summed E-state index contributed by atoms with van der Waals surface area (Å²) in [5.41, 5.74) is -0.159. The van der Waals surface area contributed by atoms with Crippen LogP contribution in [0.15, 0.2) is 36.4 Å². The maximum absolute atomic E-state index is 13.2. The van der Waals surface area contributed by atoms with Crippen LogP contribution in [0.3, 0.4) is 0 Å². The van der Waals surface area contributed by atoms with Gasteiger partial charge in [-0.05, 0) is 55.5 Å². The Hall–Kier alpha value is -3.31. The Bertz CT molecular complexity index is 1370.